The smallest absolute Gasteiger partial charge is 0.261 e. The highest BCUT2D eigenvalue weighted by atomic mass is 35.5. The minimum absolute atomic E-state index is 0.00899. The molecule has 0 saturated carbocycles. The van der Waals surface area contributed by atoms with Gasteiger partial charge in [-0.15, -0.1) is 0 Å². The van der Waals surface area contributed by atoms with Crippen molar-refractivity contribution in [1.82, 2.24) is 9.80 Å². The van der Waals surface area contributed by atoms with Crippen LogP contribution in [-0.4, -0.2) is 51.2 Å². The Morgan fingerprint density at radius 2 is 1.76 bits per heavy atom. The molecule has 6 nitrogen and oxygen atoms in total. The Bertz CT molecular complexity index is 1140. The van der Waals surface area contributed by atoms with Gasteiger partial charge in [0, 0.05) is 24.4 Å². The molecule has 0 atom stereocenters. The molecular weight excluding hydrogens is 463 g/mol. The van der Waals surface area contributed by atoms with Crippen LogP contribution in [0.3, 0.4) is 0 Å². The number of benzene rings is 2. The maximum atomic E-state index is 14.3. The summed E-state index contributed by atoms with van der Waals surface area (Å²) in [6.45, 7) is 13.2. The minimum Gasteiger partial charge on any atom is -0.332 e. The molecule has 0 bridgehead atoms. The fourth-order valence-electron chi connectivity index (χ4n) is 3.02. The first kappa shape index (κ1) is 26.8. The van der Waals surface area contributed by atoms with E-state index in [2.05, 4.69) is 11.3 Å². The number of hydrogen-bond donors (Lipinski definition) is 2. The molecule has 2 aromatic rings. The van der Waals surface area contributed by atoms with Crippen LogP contribution in [0.25, 0.3) is 5.70 Å². The number of likely N-dealkylation sites (N-methyl/N-ethyl adjacent to an activating group) is 2. The lowest BCUT2D eigenvalue weighted by Gasteiger charge is -2.27. The Hall–Kier alpha value is -2.42. The summed E-state index contributed by atoms with van der Waals surface area (Å²) < 4.78 is 42.9. The van der Waals surface area contributed by atoms with Gasteiger partial charge in [0.15, 0.2) is 0 Å². The van der Waals surface area contributed by atoms with Gasteiger partial charge in [0.1, 0.15) is 11.7 Å². The quantitative estimate of drug-likeness (QED) is 0.380. The molecule has 0 fully saturated rings. The maximum absolute atomic E-state index is 14.3. The van der Waals surface area contributed by atoms with Crippen LogP contribution < -0.4 is 4.72 Å². The van der Waals surface area contributed by atoms with Crippen LogP contribution in [0, 0.1) is 11.2 Å². The van der Waals surface area contributed by atoms with E-state index >= 15 is 0 Å². The van der Waals surface area contributed by atoms with Crippen LogP contribution in [0.2, 0.25) is 5.02 Å². The number of hydrogen-bond acceptors (Lipinski definition) is 4. The van der Waals surface area contributed by atoms with Gasteiger partial charge in [-0.3, -0.25) is 15.0 Å². The summed E-state index contributed by atoms with van der Waals surface area (Å²) in [5.74, 6) is -0.520. The van der Waals surface area contributed by atoms with Gasteiger partial charge in [-0.2, -0.15) is 0 Å². The third-order valence-corrected chi connectivity index (χ3v) is 7.09. The molecule has 0 unspecified atom stereocenters. The topological polar surface area (TPSA) is 76.5 Å². The van der Waals surface area contributed by atoms with Crippen LogP contribution in [-0.2, 0) is 15.4 Å². The minimum atomic E-state index is -4.01. The van der Waals surface area contributed by atoms with Crippen molar-refractivity contribution in [2.24, 2.45) is 0 Å². The van der Waals surface area contributed by atoms with Gasteiger partial charge < -0.3 is 4.90 Å². The molecular formula is C24H32ClFN4O2S. The molecule has 0 aromatic heterocycles. The highest BCUT2D eigenvalue weighted by Crippen LogP contribution is 2.32. The molecule has 0 radical (unpaired) electrons. The summed E-state index contributed by atoms with van der Waals surface area (Å²) in [5, 5.41) is 8.17. The second-order valence-corrected chi connectivity index (χ2v) is 11.1. The van der Waals surface area contributed by atoms with Gasteiger partial charge in [0.25, 0.3) is 10.0 Å². The molecule has 0 aliphatic rings. The van der Waals surface area contributed by atoms with E-state index < -0.39 is 15.8 Å². The molecule has 0 aliphatic heterocycles. The van der Waals surface area contributed by atoms with E-state index in [0.29, 0.717) is 12.2 Å². The summed E-state index contributed by atoms with van der Waals surface area (Å²) in [6.07, 6.45) is 0. The van der Waals surface area contributed by atoms with E-state index in [0.717, 1.165) is 18.2 Å². The van der Waals surface area contributed by atoms with Gasteiger partial charge in [-0.05, 0) is 42.8 Å². The number of amidine groups is 1. The van der Waals surface area contributed by atoms with E-state index in [9.17, 15) is 12.8 Å². The van der Waals surface area contributed by atoms with Crippen molar-refractivity contribution in [2.75, 3.05) is 31.9 Å². The first-order valence-corrected chi connectivity index (χ1v) is 12.3. The zero-order chi connectivity index (χ0) is 25.1. The average molecular weight is 495 g/mol. The number of anilines is 1. The van der Waals surface area contributed by atoms with Gasteiger partial charge in [-0.25, -0.2) is 12.8 Å². The predicted molar refractivity (Wildman–Crippen MR) is 135 cm³/mol. The monoisotopic (exact) mass is 494 g/mol. The van der Waals surface area contributed by atoms with Crippen molar-refractivity contribution in [1.29, 1.82) is 5.41 Å². The molecule has 0 aliphatic carbocycles. The second kappa shape index (κ2) is 10.2. The molecule has 0 heterocycles. The highest BCUT2D eigenvalue weighted by molar-refractivity contribution is 7.92. The lowest BCUT2D eigenvalue weighted by Crippen LogP contribution is -2.35. The van der Waals surface area contributed by atoms with E-state index in [-0.39, 0.29) is 32.4 Å². The number of rotatable bonds is 8. The Balaban J connectivity index is 2.42. The predicted octanol–water partition coefficient (Wildman–Crippen LogP) is 5.41. The molecule has 0 amide bonds. The lowest BCUT2D eigenvalue weighted by atomic mass is 9.87. The molecule has 0 spiro atoms. The molecule has 180 valence electrons. The molecule has 2 aromatic carbocycles. The molecule has 0 saturated heterocycles. The van der Waals surface area contributed by atoms with Crippen molar-refractivity contribution >= 4 is 38.8 Å². The van der Waals surface area contributed by atoms with Crippen molar-refractivity contribution in [2.45, 2.75) is 38.0 Å². The number of halogens is 2. The van der Waals surface area contributed by atoms with Gasteiger partial charge in [-0.1, -0.05) is 58.0 Å². The Morgan fingerprint density at radius 1 is 1.18 bits per heavy atom. The largest absolute Gasteiger partial charge is 0.332 e. The average Bonchev–Trinajstić information content (AvgIpc) is 2.74. The highest BCUT2D eigenvalue weighted by Gasteiger charge is 2.22. The standard InChI is InChI=1S/C24H32ClFN4O2S/c1-8-29(6)15-23(27)30(7)16(2)19-13-20(25)21(26)14-22(19)28-33(31,32)18-11-9-17(10-12-18)24(3,4)5/h9-14,27-28H,2,8,15H2,1,3-7H3. The zero-order valence-electron chi connectivity index (χ0n) is 20.0. The molecule has 2 rings (SSSR count). The van der Waals surface area contributed by atoms with Crippen LogP contribution >= 0.6 is 11.6 Å². The Kier molecular flexibility index (Phi) is 8.32. The number of sulfonamides is 1. The van der Waals surface area contributed by atoms with Crippen molar-refractivity contribution in [3.63, 3.8) is 0 Å². The second-order valence-electron chi connectivity index (χ2n) is 8.97. The van der Waals surface area contributed by atoms with E-state index in [4.69, 9.17) is 17.0 Å². The first-order valence-electron chi connectivity index (χ1n) is 10.5. The van der Waals surface area contributed by atoms with Crippen LogP contribution in [0.1, 0.15) is 38.8 Å². The maximum Gasteiger partial charge on any atom is 0.261 e. The normalized spacial score (nSPS) is 12.0. The first-order chi connectivity index (χ1) is 15.2. The molecule has 9 heteroatoms. The van der Waals surface area contributed by atoms with Crippen molar-refractivity contribution in [3.8, 4) is 0 Å². The summed E-state index contributed by atoms with van der Waals surface area (Å²) in [6, 6.07) is 8.90. The van der Waals surface area contributed by atoms with Gasteiger partial charge >= 0.3 is 0 Å². The molecule has 33 heavy (non-hydrogen) atoms. The Labute approximate surface area is 201 Å². The van der Waals surface area contributed by atoms with Crippen LogP contribution in [0.5, 0.6) is 0 Å². The summed E-state index contributed by atoms with van der Waals surface area (Å²) >= 11 is 6.00. The lowest BCUT2D eigenvalue weighted by molar-refractivity contribution is 0.391. The van der Waals surface area contributed by atoms with Gasteiger partial charge in [0.2, 0.25) is 0 Å². The van der Waals surface area contributed by atoms with Crippen molar-refractivity contribution < 1.29 is 12.8 Å². The Morgan fingerprint density at radius 3 is 2.27 bits per heavy atom. The summed E-state index contributed by atoms with van der Waals surface area (Å²) in [7, 11) is -0.484. The number of nitrogens with zero attached hydrogens (tertiary/aromatic N) is 2. The SMILES string of the molecule is C=C(c1cc(Cl)c(F)cc1NS(=O)(=O)c1ccc(C(C)(C)C)cc1)N(C)C(=N)CN(C)CC. The van der Waals surface area contributed by atoms with Crippen LogP contribution in [0.4, 0.5) is 10.1 Å². The number of nitrogens with one attached hydrogen (secondary N) is 2. The van der Waals surface area contributed by atoms with E-state index in [1.54, 1.807) is 19.2 Å². The summed E-state index contributed by atoms with van der Waals surface area (Å²) in [4.78, 5) is 3.51. The zero-order valence-corrected chi connectivity index (χ0v) is 21.5. The summed E-state index contributed by atoms with van der Waals surface area (Å²) in [5.41, 5.74) is 1.45. The van der Waals surface area contributed by atoms with Crippen LogP contribution in [0.15, 0.2) is 47.9 Å². The fraction of sp³-hybridized carbons (Fsp3) is 0.375. The van der Waals surface area contributed by atoms with Gasteiger partial charge in [0.05, 0.1) is 22.2 Å². The van der Waals surface area contributed by atoms with E-state index in [1.165, 1.54) is 23.1 Å². The fourth-order valence-corrected chi connectivity index (χ4v) is 4.26. The third kappa shape index (κ3) is 6.56. The van der Waals surface area contributed by atoms with E-state index in [1.807, 2.05) is 39.6 Å². The third-order valence-electron chi connectivity index (χ3n) is 5.42. The molecule has 2 N–H and O–H groups in total. The van der Waals surface area contributed by atoms with Crippen molar-refractivity contribution in [3.05, 3.63) is 64.9 Å².